The molecular formula is C15H15BrFN3OS. The van der Waals surface area contributed by atoms with Gasteiger partial charge >= 0.3 is 0 Å². The Morgan fingerprint density at radius 1 is 1.45 bits per heavy atom. The van der Waals surface area contributed by atoms with E-state index in [1.807, 2.05) is 13.8 Å². The molecule has 0 radical (unpaired) electrons. The molecule has 1 amide bonds. The molecule has 1 N–H and O–H groups in total. The molecule has 1 aliphatic rings. The van der Waals surface area contributed by atoms with Crippen molar-refractivity contribution in [2.75, 3.05) is 11.1 Å². The average molecular weight is 384 g/mol. The van der Waals surface area contributed by atoms with Crippen LogP contribution in [-0.4, -0.2) is 21.4 Å². The van der Waals surface area contributed by atoms with Gasteiger partial charge < -0.3 is 5.32 Å². The lowest BCUT2D eigenvalue weighted by atomic mass is 10.1. The van der Waals surface area contributed by atoms with Crippen LogP contribution in [0.3, 0.4) is 0 Å². The monoisotopic (exact) mass is 383 g/mol. The quantitative estimate of drug-likeness (QED) is 0.847. The van der Waals surface area contributed by atoms with Crippen LogP contribution in [0.4, 0.5) is 10.2 Å². The van der Waals surface area contributed by atoms with Crippen LogP contribution in [0.15, 0.2) is 28.9 Å². The first-order valence-electron chi connectivity index (χ1n) is 6.91. The molecule has 2 heterocycles. The Bertz CT molecular complexity index is 732. The maximum atomic E-state index is 14.3. The summed E-state index contributed by atoms with van der Waals surface area (Å²) in [7, 11) is 0. The number of rotatable bonds is 2. The Morgan fingerprint density at radius 2 is 2.23 bits per heavy atom. The number of carbonyl (C=O) groups is 1. The summed E-state index contributed by atoms with van der Waals surface area (Å²) in [5, 5.41) is 6.98. The molecular weight excluding hydrogens is 369 g/mol. The number of fused-ring (bicyclic) bond motifs is 1. The minimum Gasteiger partial charge on any atom is -0.310 e. The van der Waals surface area contributed by atoms with Crippen LogP contribution in [0.5, 0.6) is 0 Å². The zero-order valence-electron chi connectivity index (χ0n) is 12.1. The van der Waals surface area contributed by atoms with Crippen LogP contribution in [0, 0.1) is 5.82 Å². The second-order valence-electron chi connectivity index (χ2n) is 5.39. The lowest BCUT2D eigenvalue weighted by molar-refractivity contribution is -0.113. The molecule has 0 bridgehead atoms. The van der Waals surface area contributed by atoms with Crippen LogP contribution in [0.25, 0.3) is 0 Å². The summed E-state index contributed by atoms with van der Waals surface area (Å²) < 4.78 is 16.9. The topological polar surface area (TPSA) is 46.9 Å². The Morgan fingerprint density at radius 3 is 2.95 bits per heavy atom. The van der Waals surface area contributed by atoms with Crippen molar-refractivity contribution in [2.24, 2.45) is 0 Å². The summed E-state index contributed by atoms with van der Waals surface area (Å²) in [6.45, 7) is 3.98. The second-order valence-corrected chi connectivity index (χ2v) is 7.40. The number of carbonyl (C=O) groups excluding carboxylic acids is 1. The van der Waals surface area contributed by atoms with Crippen molar-refractivity contribution in [3.8, 4) is 0 Å². The highest BCUT2D eigenvalue weighted by Crippen LogP contribution is 2.43. The SMILES string of the molecule is CC(C)n1ncc2c1NC(=O)CSC2c1cc(Br)ccc1F. The molecule has 1 aromatic heterocycles. The highest BCUT2D eigenvalue weighted by molar-refractivity contribution is 9.10. The standard InChI is InChI=1S/C15H15BrFN3OS/c1-8(2)20-15-11(6-18-20)14(22-7-13(21)19-15)10-5-9(16)3-4-12(10)17/h3-6,8,14H,7H2,1-2H3,(H,19,21). The fraction of sp³-hybridized carbons (Fsp3) is 0.333. The van der Waals surface area contributed by atoms with Gasteiger partial charge in [0.05, 0.1) is 17.2 Å². The Labute approximate surface area is 140 Å². The molecule has 0 spiro atoms. The maximum absolute atomic E-state index is 14.3. The molecule has 1 atom stereocenters. The van der Waals surface area contributed by atoms with Gasteiger partial charge in [0, 0.05) is 21.6 Å². The molecule has 0 aliphatic carbocycles. The van der Waals surface area contributed by atoms with Gasteiger partial charge in [-0.1, -0.05) is 15.9 Å². The predicted octanol–water partition coefficient (Wildman–Crippen LogP) is 4.14. The highest BCUT2D eigenvalue weighted by atomic mass is 79.9. The number of aromatic nitrogens is 2. The van der Waals surface area contributed by atoms with Crippen molar-refractivity contribution in [1.82, 2.24) is 9.78 Å². The van der Waals surface area contributed by atoms with Gasteiger partial charge in [-0.3, -0.25) is 4.79 Å². The van der Waals surface area contributed by atoms with Crippen LogP contribution in [-0.2, 0) is 4.79 Å². The van der Waals surface area contributed by atoms with E-state index in [2.05, 4.69) is 26.3 Å². The summed E-state index contributed by atoms with van der Waals surface area (Å²) in [5.74, 6) is 0.572. The molecule has 1 unspecified atom stereocenters. The zero-order valence-corrected chi connectivity index (χ0v) is 14.5. The van der Waals surface area contributed by atoms with Crippen molar-refractivity contribution in [3.05, 3.63) is 45.8 Å². The number of thioether (sulfide) groups is 1. The number of hydrogen-bond acceptors (Lipinski definition) is 3. The predicted molar refractivity (Wildman–Crippen MR) is 89.6 cm³/mol. The number of halogens is 2. The van der Waals surface area contributed by atoms with E-state index in [4.69, 9.17) is 0 Å². The molecule has 3 rings (SSSR count). The van der Waals surface area contributed by atoms with Crippen molar-refractivity contribution in [1.29, 1.82) is 0 Å². The Balaban J connectivity index is 2.14. The van der Waals surface area contributed by atoms with Crippen molar-refractivity contribution >= 4 is 39.4 Å². The average Bonchev–Trinajstić information content (AvgIpc) is 2.79. The van der Waals surface area contributed by atoms with Gasteiger partial charge in [-0.2, -0.15) is 5.10 Å². The van der Waals surface area contributed by atoms with Gasteiger partial charge in [0.2, 0.25) is 5.91 Å². The van der Waals surface area contributed by atoms with Crippen LogP contribution in [0.1, 0.15) is 36.3 Å². The van der Waals surface area contributed by atoms with E-state index in [-0.39, 0.29) is 28.8 Å². The molecule has 1 aliphatic heterocycles. The zero-order chi connectivity index (χ0) is 15.9. The fourth-order valence-electron chi connectivity index (χ4n) is 2.48. The van der Waals surface area contributed by atoms with Gasteiger partial charge in [0.25, 0.3) is 0 Å². The van der Waals surface area contributed by atoms with Gasteiger partial charge in [-0.05, 0) is 32.0 Å². The van der Waals surface area contributed by atoms with E-state index < -0.39 is 0 Å². The summed E-state index contributed by atoms with van der Waals surface area (Å²) in [5.41, 5.74) is 1.39. The van der Waals surface area contributed by atoms with Crippen LogP contribution < -0.4 is 5.32 Å². The van der Waals surface area contributed by atoms with Gasteiger partial charge in [0.1, 0.15) is 11.6 Å². The van der Waals surface area contributed by atoms with Crippen molar-refractivity contribution < 1.29 is 9.18 Å². The Kier molecular flexibility index (Phi) is 4.27. The molecule has 4 nitrogen and oxygen atoms in total. The van der Waals surface area contributed by atoms with E-state index in [1.54, 1.807) is 23.0 Å². The second kappa shape index (κ2) is 6.04. The molecule has 0 saturated carbocycles. The lowest BCUT2D eigenvalue weighted by Gasteiger charge is -2.16. The number of nitrogens with zero attached hydrogens (tertiary/aromatic N) is 2. The number of nitrogens with one attached hydrogen (secondary N) is 1. The third kappa shape index (κ3) is 2.79. The minimum atomic E-state index is -0.279. The number of amides is 1. The first-order chi connectivity index (χ1) is 10.5. The van der Waals surface area contributed by atoms with E-state index in [9.17, 15) is 9.18 Å². The first-order valence-corrected chi connectivity index (χ1v) is 8.75. The Hall–Kier alpha value is -1.34. The van der Waals surface area contributed by atoms with Crippen LogP contribution in [0.2, 0.25) is 0 Å². The fourth-order valence-corrected chi connectivity index (χ4v) is 3.96. The number of anilines is 1. The van der Waals surface area contributed by atoms with Crippen LogP contribution >= 0.6 is 27.7 Å². The smallest absolute Gasteiger partial charge is 0.235 e. The van der Waals surface area contributed by atoms with E-state index in [0.717, 1.165) is 10.0 Å². The van der Waals surface area contributed by atoms with Gasteiger partial charge in [0.15, 0.2) is 0 Å². The van der Waals surface area contributed by atoms with Gasteiger partial charge in [-0.25, -0.2) is 9.07 Å². The molecule has 7 heteroatoms. The number of benzene rings is 1. The van der Waals surface area contributed by atoms with Crippen molar-refractivity contribution in [2.45, 2.75) is 25.1 Å². The summed E-state index contributed by atoms with van der Waals surface area (Å²) in [6.07, 6.45) is 1.72. The van der Waals surface area contributed by atoms with Gasteiger partial charge in [-0.15, -0.1) is 11.8 Å². The normalized spacial score (nSPS) is 18.0. The first kappa shape index (κ1) is 15.6. The highest BCUT2D eigenvalue weighted by Gasteiger charge is 2.29. The molecule has 2 aromatic rings. The molecule has 0 saturated heterocycles. The number of hydrogen-bond donors (Lipinski definition) is 1. The third-order valence-electron chi connectivity index (χ3n) is 3.47. The molecule has 22 heavy (non-hydrogen) atoms. The lowest BCUT2D eigenvalue weighted by Crippen LogP contribution is -2.17. The molecule has 1 aromatic carbocycles. The maximum Gasteiger partial charge on any atom is 0.235 e. The van der Waals surface area contributed by atoms with E-state index in [1.165, 1.54) is 17.8 Å². The van der Waals surface area contributed by atoms with Crippen molar-refractivity contribution in [3.63, 3.8) is 0 Å². The minimum absolute atomic E-state index is 0.0912. The van der Waals surface area contributed by atoms with E-state index in [0.29, 0.717) is 11.4 Å². The summed E-state index contributed by atoms with van der Waals surface area (Å²) in [6, 6.07) is 4.98. The van der Waals surface area contributed by atoms with E-state index >= 15 is 0 Å². The molecule has 116 valence electrons. The molecule has 0 fully saturated rings. The largest absolute Gasteiger partial charge is 0.310 e. The third-order valence-corrected chi connectivity index (χ3v) is 5.24. The summed E-state index contributed by atoms with van der Waals surface area (Å²) in [4.78, 5) is 12.0. The summed E-state index contributed by atoms with van der Waals surface area (Å²) >= 11 is 4.79.